The molecule has 6 heteroatoms. The molecular weight excluding hydrogens is 332 g/mol. The molecule has 0 spiro atoms. The van der Waals surface area contributed by atoms with E-state index in [0.29, 0.717) is 19.7 Å². The van der Waals surface area contributed by atoms with Crippen molar-refractivity contribution in [3.05, 3.63) is 35.9 Å². The van der Waals surface area contributed by atoms with Crippen molar-refractivity contribution < 1.29 is 14.3 Å². The molecule has 1 fully saturated rings. The predicted molar refractivity (Wildman–Crippen MR) is 103 cm³/mol. The lowest BCUT2D eigenvalue weighted by molar-refractivity contribution is 0.0429. The van der Waals surface area contributed by atoms with Crippen LogP contribution in [0, 0.1) is 0 Å². The number of hydrogen-bond acceptors (Lipinski definition) is 3. The summed E-state index contributed by atoms with van der Waals surface area (Å²) in [5, 5.41) is 13.3. The summed E-state index contributed by atoms with van der Waals surface area (Å²) in [6.07, 6.45) is -0.104. The average molecular weight is 365 g/mol. The molecule has 0 bridgehead atoms. The van der Waals surface area contributed by atoms with Crippen molar-refractivity contribution >= 4 is 14.4 Å². The van der Waals surface area contributed by atoms with Crippen LogP contribution in [0.4, 0.5) is 4.79 Å². The fraction of sp³-hybridized carbons (Fsp3) is 0.632. The van der Waals surface area contributed by atoms with Crippen molar-refractivity contribution in [2.45, 2.75) is 57.4 Å². The van der Waals surface area contributed by atoms with Gasteiger partial charge in [0.25, 0.3) is 0 Å². The second kappa shape index (κ2) is 7.48. The Kier molecular flexibility index (Phi) is 5.96. The van der Waals surface area contributed by atoms with Gasteiger partial charge >= 0.3 is 6.09 Å². The summed E-state index contributed by atoms with van der Waals surface area (Å²) in [6.45, 7) is 13.3. The van der Waals surface area contributed by atoms with E-state index < -0.39 is 19.9 Å². The topological polar surface area (TPSA) is 61.8 Å². The number of nitrogens with one attached hydrogen (secondary N) is 1. The standard InChI is InChI=1S/C19H32N2O3Si/c1-18(2,3)25(4,5)24-15-19(11-12-20-14-19)21(17(22)23)13-16-9-7-6-8-10-16/h6-10,20H,11-15H2,1-5H3,(H,22,23). The van der Waals surface area contributed by atoms with E-state index in [-0.39, 0.29) is 5.04 Å². The van der Waals surface area contributed by atoms with E-state index in [0.717, 1.165) is 18.5 Å². The molecule has 2 rings (SSSR count). The van der Waals surface area contributed by atoms with Crippen molar-refractivity contribution in [1.29, 1.82) is 0 Å². The summed E-state index contributed by atoms with van der Waals surface area (Å²) in [4.78, 5) is 13.7. The van der Waals surface area contributed by atoms with E-state index in [9.17, 15) is 9.90 Å². The van der Waals surface area contributed by atoms with Gasteiger partial charge in [-0.1, -0.05) is 51.1 Å². The maximum Gasteiger partial charge on any atom is 0.408 e. The van der Waals surface area contributed by atoms with Crippen LogP contribution in [-0.2, 0) is 11.0 Å². The van der Waals surface area contributed by atoms with Crippen molar-refractivity contribution in [1.82, 2.24) is 10.2 Å². The number of nitrogens with zero attached hydrogens (tertiary/aromatic N) is 1. The largest absolute Gasteiger partial charge is 0.465 e. The van der Waals surface area contributed by atoms with Crippen LogP contribution in [0.2, 0.25) is 18.1 Å². The fourth-order valence-electron chi connectivity index (χ4n) is 2.90. The molecule has 1 heterocycles. The number of amides is 1. The second-order valence-electron chi connectivity index (χ2n) is 8.55. The van der Waals surface area contributed by atoms with Crippen LogP contribution >= 0.6 is 0 Å². The van der Waals surface area contributed by atoms with Crippen LogP contribution in [0.15, 0.2) is 30.3 Å². The van der Waals surface area contributed by atoms with Crippen molar-refractivity contribution in [2.75, 3.05) is 19.7 Å². The van der Waals surface area contributed by atoms with E-state index >= 15 is 0 Å². The van der Waals surface area contributed by atoms with E-state index in [1.807, 2.05) is 30.3 Å². The Morgan fingerprint density at radius 3 is 2.44 bits per heavy atom. The molecule has 0 aliphatic carbocycles. The van der Waals surface area contributed by atoms with Gasteiger partial charge in [-0.15, -0.1) is 0 Å². The monoisotopic (exact) mass is 364 g/mol. The highest BCUT2D eigenvalue weighted by Crippen LogP contribution is 2.38. The van der Waals surface area contributed by atoms with Crippen LogP contribution in [0.25, 0.3) is 0 Å². The van der Waals surface area contributed by atoms with Crippen LogP contribution in [0.5, 0.6) is 0 Å². The highest BCUT2D eigenvalue weighted by molar-refractivity contribution is 6.74. The number of carboxylic acid groups (broad SMARTS) is 1. The lowest BCUT2D eigenvalue weighted by atomic mass is 9.96. The third-order valence-electron chi connectivity index (χ3n) is 5.72. The zero-order valence-electron chi connectivity index (χ0n) is 16.1. The Morgan fingerprint density at radius 2 is 1.96 bits per heavy atom. The third-order valence-corrected chi connectivity index (χ3v) is 10.2. The van der Waals surface area contributed by atoms with Crippen LogP contribution in [-0.4, -0.2) is 49.7 Å². The molecule has 0 saturated carbocycles. The van der Waals surface area contributed by atoms with Gasteiger partial charge in [-0.3, -0.25) is 4.90 Å². The molecule has 1 aliphatic heterocycles. The van der Waals surface area contributed by atoms with E-state index in [1.165, 1.54) is 0 Å². The van der Waals surface area contributed by atoms with Gasteiger partial charge in [0.2, 0.25) is 0 Å². The predicted octanol–water partition coefficient (Wildman–Crippen LogP) is 3.92. The first-order chi connectivity index (χ1) is 11.6. The minimum absolute atomic E-state index is 0.105. The molecule has 1 saturated heterocycles. The van der Waals surface area contributed by atoms with Gasteiger partial charge in [0.05, 0.1) is 12.1 Å². The lowest BCUT2D eigenvalue weighted by Crippen LogP contribution is -2.57. The first-order valence-corrected chi connectivity index (χ1v) is 11.9. The highest BCUT2D eigenvalue weighted by atomic mass is 28.4. The van der Waals surface area contributed by atoms with Gasteiger partial charge < -0.3 is 14.8 Å². The van der Waals surface area contributed by atoms with Gasteiger partial charge in [-0.05, 0) is 36.7 Å². The molecule has 2 N–H and O–H groups in total. The van der Waals surface area contributed by atoms with Crippen molar-refractivity contribution in [3.8, 4) is 0 Å². The maximum atomic E-state index is 12.1. The minimum atomic E-state index is -1.94. The number of carbonyl (C=O) groups is 1. The molecule has 1 aromatic rings. The summed E-state index contributed by atoms with van der Waals surface area (Å²) in [5.74, 6) is 0. The molecule has 0 radical (unpaired) electrons. The Morgan fingerprint density at radius 1 is 1.32 bits per heavy atom. The Labute approximate surface area is 152 Å². The van der Waals surface area contributed by atoms with E-state index in [2.05, 4.69) is 39.2 Å². The number of rotatable bonds is 6. The number of hydrogen-bond donors (Lipinski definition) is 2. The third kappa shape index (κ3) is 4.62. The van der Waals surface area contributed by atoms with Crippen LogP contribution in [0.3, 0.4) is 0 Å². The Balaban J connectivity index is 2.22. The molecule has 1 amide bonds. The first kappa shape index (κ1) is 19.9. The lowest BCUT2D eigenvalue weighted by Gasteiger charge is -2.43. The molecule has 25 heavy (non-hydrogen) atoms. The summed E-state index contributed by atoms with van der Waals surface area (Å²) >= 11 is 0. The van der Waals surface area contributed by atoms with Gasteiger partial charge in [-0.2, -0.15) is 0 Å². The minimum Gasteiger partial charge on any atom is -0.465 e. The molecule has 1 atom stereocenters. The molecule has 140 valence electrons. The molecule has 5 nitrogen and oxygen atoms in total. The molecule has 0 aromatic heterocycles. The van der Waals surface area contributed by atoms with Crippen molar-refractivity contribution in [3.63, 3.8) is 0 Å². The first-order valence-electron chi connectivity index (χ1n) is 8.97. The maximum absolute atomic E-state index is 12.1. The summed E-state index contributed by atoms with van der Waals surface area (Å²) in [5.41, 5.74) is 0.500. The normalized spacial score (nSPS) is 21.3. The van der Waals surface area contributed by atoms with Crippen LogP contribution < -0.4 is 5.32 Å². The highest BCUT2D eigenvalue weighted by Gasteiger charge is 2.46. The Bertz CT molecular complexity index is 578. The van der Waals surface area contributed by atoms with E-state index in [1.54, 1.807) is 4.90 Å². The smallest absolute Gasteiger partial charge is 0.408 e. The molecular formula is C19H32N2O3Si. The molecule has 1 aromatic carbocycles. The zero-order chi connectivity index (χ0) is 18.7. The van der Waals surface area contributed by atoms with Crippen molar-refractivity contribution in [2.24, 2.45) is 0 Å². The SMILES string of the molecule is CC(C)(C)[Si](C)(C)OCC1(N(Cc2ccccc2)C(=O)O)CCNC1. The number of benzene rings is 1. The fourth-order valence-corrected chi connectivity index (χ4v) is 3.96. The summed E-state index contributed by atoms with van der Waals surface area (Å²) in [7, 11) is -1.94. The molecule has 1 unspecified atom stereocenters. The second-order valence-corrected chi connectivity index (χ2v) is 13.4. The Hall–Kier alpha value is -1.37. The van der Waals surface area contributed by atoms with Gasteiger partial charge in [0, 0.05) is 13.1 Å². The average Bonchev–Trinajstić information content (AvgIpc) is 3.00. The van der Waals surface area contributed by atoms with Gasteiger partial charge in [-0.25, -0.2) is 4.79 Å². The van der Waals surface area contributed by atoms with E-state index in [4.69, 9.17) is 4.43 Å². The summed E-state index contributed by atoms with van der Waals surface area (Å²) < 4.78 is 6.44. The van der Waals surface area contributed by atoms with Gasteiger partial charge in [0.1, 0.15) is 0 Å². The van der Waals surface area contributed by atoms with Crippen LogP contribution in [0.1, 0.15) is 32.8 Å². The molecule has 1 aliphatic rings. The quantitative estimate of drug-likeness (QED) is 0.751. The summed E-state index contributed by atoms with van der Waals surface area (Å²) in [6, 6.07) is 9.78. The zero-order valence-corrected chi connectivity index (χ0v) is 17.1. The van der Waals surface area contributed by atoms with Gasteiger partial charge in [0.15, 0.2) is 8.32 Å².